The first-order chi connectivity index (χ1) is 18.8. The van der Waals surface area contributed by atoms with Crippen molar-refractivity contribution in [3.8, 4) is 5.75 Å². The molecule has 214 valence electrons. The van der Waals surface area contributed by atoms with Crippen LogP contribution in [0.2, 0.25) is 5.02 Å². The Kier molecular flexibility index (Phi) is 11.3. The number of hydrogen-bond acceptors (Lipinski definition) is 8. The molecule has 2 aromatic rings. The highest BCUT2D eigenvalue weighted by molar-refractivity contribution is 7.13. The van der Waals surface area contributed by atoms with Gasteiger partial charge in [0.25, 0.3) is 0 Å². The third kappa shape index (κ3) is 8.82. The quantitative estimate of drug-likeness (QED) is 0.196. The van der Waals surface area contributed by atoms with Crippen LogP contribution in [0.3, 0.4) is 0 Å². The van der Waals surface area contributed by atoms with Crippen LogP contribution in [0.5, 0.6) is 5.75 Å². The van der Waals surface area contributed by atoms with Crippen LogP contribution in [0.15, 0.2) is 30.3 Å². The summed E-state index contributed by atoms with van der Waals surface area (Å²) >= 11 is 14.7. The van der Waals surface area contributed by atoms with Crippen LogP contribution < -0.4 is 4.74 Å². The summed E-state index contributed by atoms with van der Waals surface area (Å²) < 4.78 is 28.5. The van der Waals surface area contributed by atoms with Gasteiger partial charge in [0.05, 0.1) is 19.8 Å². The number of esters is 2. The molecule has 4 rings (SSSR count). The van der Waals surface area contributed by atoms with Gasteiger partial charge in [-0.2, -0.15) is 0 Å². The van der Waals surface area contributed by atoms with E-state index >= 15 is 0 Å². The minimum absolute atomic E-state index is 0.0416. The van der Waals surface area contributed by atoms with Crippen LogP contribution in [0.4, 0.5) is 0 Å². The fourth-order valence-corrected chi connectivity index (χ4v) is 7.01. The van der Waals surface area contributed by atoms with E-state index in [9.17, 15) is 9.59 Å². The molecule has 10 heteroatoms. The predicted octanol–water partition coefficient (Wildman–Crippen LogP) is 6.81. The lowest BCUT2D eigenvalue weighted by atomic mass is 9.90. The summed E-state index contributed by atoms with van der Waals surface area (Å²) in [7, 11) is 1.39. The lowest BCUT2D eigenvalue weighted by Gasteiger charge is -2.30. The van der Waals surface area contributed by atoms with Gasteiger partial charge < -0.3 is 23.7 Å². The number of hydrogen-bond donors (Lipinski definition) is 0. The van der Waals surface area contributed by atoms with Gasteiger partial charge in [-0.3, -0.25) is 4.79 Å². The Labute approximate surface area is 244 Å². The van der Waals surface area contributed by atoms with Crippen LogP contribution in [-0.2, 0) is 36.8 Å². The van der Waals surface area contributed by atoms with E-state index in [1.165, 1.54) is 25.4 Å². The Hall–Kier alpha value is -1.84. The van der Waals surface area contributed by atoms with Crippen molar-refractivity contribution in [2.24, 2.45) is 11.8 Å². The molecule has 39 heavy (non-hydrogen) atoms. The van der Waals surface area contributed by atoms with Crippen LogP contribution in [0.25, 0.3) is 0 Å². The highest BCUT2D eigenvalue weighted by atomic mass is 35.5. The number of alkyl halides is 1. The van der Waals surface area contributed by atoms with E-state index in [4.69, 9.17) is 46.9 Å². The number of rotatable bonds is 12. The summed E-state index contributed by atoms with van der Waals surface area (Å²) in [4.78, 5) is 24.8. The van der Waals surface area contributed by atoms with Crippen LogP contribution in [0.1, 0.15) is 65.6 Å². The molecule has 2 fully saturated rings. The average molecular weight is 600 g/mol. The maximum Gasteiger partial charge on any atom is 0.348 e. The Morgan fingerprint density at radius 3 is 2.74 bits per heavy atom. The fraction of sp³-hybridized carbons (Fsp3) is 0.586. The smallest absolute Gasteiger partial charge is 0.348 e. The van der Waals surface area contributed by atoms with Crippen LogP contribution in [0, 0.1) is 11.8 Å². The third-order valence-corrected chi connectivity index (χ3v) is 9.08. The molecule has 0 N–H and O–H groups in total. The molecular weight excluding hydrogens is 563 g/mol. The Morgan fingerprint density at radius 1 is 1.15 bits per heavy atom. The van der Waals surface area contributed by atoms with Gasteiger partial charge >= 0.3 is 11.9 Å². The van der Waals surface area contributed by atoms with Crippen molar-refractivity contribution in [1.82, 2.24) is 0 Å². The molecule has 0 radical (unpaired) electrons. The highest BCUT2D eigenvalue weighted by Crippen LogP contribution is 2.42. The van der Waals surface area contributed by atoms with E-state index in [2.05, 4.69) is 0 Å². The molecule has 0 amide bonds. The Morgan fingerprint density at radius 2 is 2.00 bits per heavy atom. The van der Waals surface area contributed by atoms with Crippen molar-refractivity contribution in [2.75, 3.05) is 20.3 Å². The topological polar surface area (TPSA) is 80.3 Å². The van der Waals surface area contributed by atoms with Crippen molar-refractivity contribution in [1.29, 1.82) is 0 Å². The molecule has 2 heterocycles. The van der Waals surface area contributed by atoms with Gasteiger partial charge in [0.1, 0.15) is 17.2 Å². The average Bonchev–Trinajstić information content (AvgIpc) is 3.50. The SMILES string of the molecule is COC(=O)c1ccc(CCCC2[C@H](Cl)C[C@@H](OC3CCCCO3)[C@@H]2COc2cc(Cl)cc(COC(C)=O)c2)s1. The summed E-state index contributed by atoms with van der Waals surface area (Å²) in [5.41, 5.74) is 0.761. The van der Waals surface area contributed by atoms with Gasteiger partial charge in [-0.1, -0.05) is 11.6 Å². The van der Waals surface area contributed by atoms with Gasteiger partial charge in [0.2, 0.25) is 0 Å². The number of benzene rings is 1. The summed E-state index contributed by atoms with van der Waals surface area (Å²) in [6.45, 7) is 2.64. The number of thiophene rings is 1. The lowest BCUT2D eigenvalue weighted by molar-refractivity contribution is -0.197. The summed E-state index contributed by atoms with van der Waals surface area (Å²) in [5.74, 6) is 0.223. The first-order valence-corrected chi connectivity index (χ1v) is 15.1. The number of carbonyl (C=O) groups is 2. The second-order valence-corrected chi connectivity index (χ2v) is 12.3. The number of methoxy groups -OCH3 is 1. The zero-order valence-electron chi connectivity index (χ0n) is 22.4. The molecule has 0 bridgehead atoms. The Balaban J connectivity index is 1.41. The molecule has 1 aromatic heterocycles. The normalized spacial score (nSPS) is 24.9. The highest BCUT2D eigenvalue weighted by Gasteiger charge is 2.44. The monoisotopic (exact) mass is 598 g/mol. The molecule has 1 saturated heterocycles. The van der Waals surface area contributed by atoms with E-state index < -0.39 is 0 Å². The van der Waals surface area contributed by atoms with Crippen molar-refractivity contribution < 1.29 is 33.3 Å². The minimum atomic E-state index is -0.353. The van der Waals surface area contributed by atoms with Gasteiger partial charge in [-0.25, -0.2) is 4.79 Å². The molecule has 5 atom stereocenters. The second-order valence-electron chi connectivity index (χ2n) is 10.1. The minimum Gasteiger partial charge on any atom is -0.493 e. The molecule has 2 unspecified atom stereocenters. The van der Waals surface area contributed by atoms with Gasteiger partial charge in [0, 0.05) is 34.7 Å². The maximum atomic E-state index is 11.8. The third-order valence-electron chi connectivity index (χ3n) is 7.24. The zero-order valence-corrected chi connectivity index (χ0v) is 24.7. The first kappa shape index (κ1) is 30.1. The maximum absolute atomic E-state index is 11.8. The summed E-state index contributed by atoms with van der Waals surface area (Å²) in [6, 6.07) is 9.16. The molecule has 1 saturated carbocycles. The molecule has 7 nitrogen and oxygen atoms in total. The lowest BCUT2D eigenvalue weighted by Crippen LogP contribution is -2.34. The van der Waals surface area contributed by atoms with E-state index in [1.807, 2.05) is 18.2 Å². The van der Waals surface area contributed by atoms with Crippen LogP contribution in [-0.4, -0.2) is 50.0 Å². The van der Waals surface area contributed by atoms with E-state index in [0.29, 0.717) is 28.9 Å². The largest absolute Gasteiger partial charge is 0.493 e. The molecule has 1 aliphatic heterocycles. The van der Waals surface area contributed by atoms with Gasteiger partial charge in [-0.05, 0) is 86.8 Å². The standard InChI is InChI=1S/C29H36Cl2O7S/c1-18(32)36-16-19-12-20(30)14-21(13-19)37-17-24-23(7-5-6-22-9-10-27(39-22)29(33)34-2)25(31)15-26(24)38-28-8-3-4-11-35-28/h9-10,12-14,23-26,28H,3-8,11,15-17H2,1-2H3/t23?,24-,25-,26-,28?/m1/s1. The molecule has 1 aliphatic carbocycles. The van der Waals surface area contributed by atoms with Crippen molar-refractivity contribution in [2.45, 2.75) is 76.2 Å². The van der Waals surface area contributed by atoms with Crippen molar-refractivity contribution in [3.63, 3.8) is 0 Å². The second kappa shape index (κ2) is 14.7. The summed E-state index contributed by atoms with van der Waals surface area (Å²) in [5, 5.41) is 0.471. The number of aryl methyl sites for hydroxylation is 1. The van der Waals surface area contributed by atoms with Gasteiger partial charge in [0.15, 0.2) is 6.29 Å². The zero-order chi connectivity index (χ0) is 27.8. The molecular formula is C29H36Cl2O7S. The summed E-state index contributed by atoms with van der Waals surface area (Å²) in [6.07, 6.45) is 6.19. The van der Waals surface area contributed by atoms with Crippen LogP contribution >= 0.6 is 34.5 Å². The number of halogens is 2. The molecule has 1 aromatic carbocycles. The number of ether oxygens (including phenoxy) is 5. The van der Waals surface area contributed by atoms with E-state index in [0.717, 1.165) is 55.4 Å². The Bertz CT molecular complexity index is 1100. The molecule has 2 aliphatic rings. The van der Waals surface area contributed by atoms with E-state index in [-0.39, 0.29) is 48.2 Å². The van der Waals surface area contributed by atoms with E-state index in [1.54, 1.807) is 12.1 Å². The first-order valence-electron chi connectivity index (χ1n) is 13.5. The fourth-order valence-electron chi connectivity index (χ4n) is 5.31. The van der Waals surface area contributed by atoms with Crippen molar-refractivity contribution >= 4 is 46.5 Å². The number of carbonyl (C=O) groups excluding carboxylic acids is 2. The van der Waals surface area contributed by atoms with Crippen molar-refractivity contribution in [3.05, 3.63) is 50.7 Å². The molecule has 0 spiro atoms. The predicted molar refractivity (Wildman–Crippen MR) is 151 cm³/mol. The van der Waals surface area contributed by atoms with Gasteiger partial charge in [-0.15, -0.1) is 22.9 Å².